The molecule has 0 radical (unpaired) electrons. The third-order valence-electron chi connectivity index (χ3n) is 7.68. The van der Waals surface area contributed by atoms with E-state index in [-0.39, 0.29) is 32.2 Å². The fraction of sp³-hybridized carbons (Fsp3) is 0.816. The van der Waals surface area contributed by atoms with Gasteiger partial charge < -0.3 is 28.5 Å². The molecule has 9 heteroatoms. The van der Waals surface area contributed by atoms with Crippen LogP contribution in [0.2, 0.25) is 0 Å². The van der Waals surface area contributed by atoms with Crippen molar-refractivity contribution in [1.82, 2.24) is 0 Å². The average Bonchev–Trinajstić information content (AvgIpc) is 3.02. The van der Waals surface area contributed by atoms with Gasteiger partial charge in [-0.3, -0.25) is 9.59 Å². The molecule has 0 aliphatic carbocycles. The van der Waals surface area contributed by atoms with E-state index in [1.807, 2.05) is 21.1 Å². The summed E-state index contributed by atoms with van der Waals surface area (Å²) < 4.78 is 22.5. The van der Waals surface area contributed by atoms with Gasteiger partial charge in [0, 0.05) is 12.8 Å². The highest BCUT2D eigenvalue weighted by atomic mass is 16.7. The first kappa shape index (κ1) is 44.8. The highest BCUT2D eigenvalue weighted by molar-refractivity contribution is 5.71. The number of esters is 2. The first-order valence-electron chi connectivity index (χ1n) is 18.5. The van der Waals surface area contributed by atoms with E-state index in [1.54, 1.807) is 0 Å². The topological polar surface area (TPSA) is 108 Å². The lowest BCUT2D eigenvalue weighted by atomic mass is 10.1. The molecule has 1 N–H and O–H groups in total. The van der Waals surface area contributed by atoms with Crippen molar-refractivity contribution in [3.05, 3.63) is 24.3 Å². The molecule has 0 spiro atoms. The zero-order valence-electron chi connectivity index (χ0n) is 30.7. The lowest BCUT2D eigenvalue weighted by Gasteiger charge is -2.25. The molecule has 0 heterocycles. The molecule has 0 fully saturated rings. The van der Waals surface area contributed by atoms with Gasteiger partial charge in [-0.2, -0.15) is 0 Å². The standard InChI is InChI=1S/C38H69NO8/c1-6-8-10-12-14-16-18-20-22-24-26-28-35(40)45-32-34(33-46-38(37(42)43)44-31-30-39(3,4)5)47-36(41)29-27-25-23-21-19-17-15-13-11-9-7-2/h12-15,34,38H,6-11,16-33H2,1-5H3/p+1/b14-12-,15-13-. The number of hydrogen-bond acceptors (Lipinski definition) is 7. The first-order valence-corrected chi connectivity index (χ1v) is 18.5. The van der Waals surface area contributed by atoms with Gasteiger partial charge in [0.25, 0.3) is 6.29 Å². The second-order valence-corrected chi connectivity index (χ2v) is 13.5. The molecule has 0 saturated carbocycles. The summed E-state index contributed by atoms with van der Waals surface area (Å²) in [6.07, 6.45) is 26.7. The van der Waals surface area contributed by atoms with Crippen LogP contribution in [0.1, 0.15) is 142 Å². The number of unbranched alkanes of at least 4 members (excludes halogenated alkanes) is 14. The number of ether oxygens (including phenoxy) is 4. The van der Waals surface area contributed by atoms with Gasteiger partial charge in [0.1, 0.15) is 13.2 Å². The molecule has 0 saturated heterocycles. The van der Waals surface area contributed by atoms with Crippen LogP contribution < -0.4 is 0 Å². The Kier molecular flexibility index (Phi) is 29.6. The van der Waals surface area contributed by atoms with Gasteiger partial charge in [0.15, 0.2) is 6.10 Å². The van der Waals surface area contributed by atoms with Gasteiger partial charge in [-0.1, -0.05) is 102 Å². The van der Waals surface area contributed by atoms with Crippen molar-refractivity contribution < 1.29 is 42.9 Å². The van der Waals surface area contributed by atoms with Crippen molar-refractivity contribution in [3.63, 3.8) is 0 Å². The number of nitrogens with zero attached hydrogens (tertiary/aromatic N) is 1. The fourth-order valence-electron chi connectivity index (χ4n) is 4.68. The molecule has 2 atom stereocenters. The smallest absolute Gasteiger partial charge is 0.361 e. The second kappa shape index (κ2) is 31.1. The molecule has 0 amide bonds. The molecule has 0 bridgehead atoms. The third kappa shape index (κ3) is 32.1. The molecule has 2 unspecified atom stereocenters. The number of carbonyl (C=O) groups is 3. The van der Waals surface area contributed by atoms with E-state index < -0.39 is 24.3 Å². The summed E-state index contributed by atoms with van der Waals surface area (Å²) in [7, 11) is 5.93. The summed E-state index contributed by atoms with van der Waals surface area (Å²) in [5.74, 6) is -2.04. The molecule has 0 aromatic rings. The number of hydrogen-bond donors (Lipinski definition) is 1. The van der Waals surface area contributed by atoms with Gasteiger partial charge in [-0.05, 0) is 51.4 Å². The summed E-state index contributed by atoms with van der Waals surface area (Å²) in [6.45, 7) is 4.74. The van der Waals surface area contributed by atoms with Gasteiger partial charge in [-0.25, -0.2) is 4.79 Å². The van der Waals surface area contributed by atoms with Crippen molar-refractivity contribution in [2.75, 3.05) is 47.5 Å². The third-order valence-corrected chi connectivity index (χ3v) is 7.68. The van der Waals surface area contributed by atoms with E-state index in [0.29, 0.717) is 23.9 Å². The van der Waals surface area contributed by atoms with E-state index in [0.717, 1.165) is 83.5 Å². The van der Waals surface area contributed by atoms with Crippen molar-refractivity contribution in [1.29, 1.82) is 0 Å². The molecule has 0 aromatic heterocycles. The highest BCUT2D eigenvalue weighted by Crippen LogP contribution is 2.12. The maximum Gasteiger partial charge on any atom is 0.361 e. The second-order valence-electron chi connectivity index (χ2n) is 13.5. The Bertz CT molecular complexity index is 836. The maximum atomic E-state index is 12.6. The fourth-order valence-corrected chi connectivity index (χ4v) is 4.68. The van der Waals surface area contributed by atoms with E-state index in [4.69, 9.17) is 18.9 Å². The Morgan fingerprint density at radius 3 is 1.57 bits per heavy atom. The van der Waals surface area contributed by atoms with Crippen molar-refractivity contribution >= 4 is 17.9 Å². The Labute approximate surface area is 287 Å². The Balaban J connectivity index is 4.60. The monoisotopic (exact) mass is 669 g/mol. The SMILES string of the molecule is CCCC/C=C\CCCCCCCC(=O)OCC(COC(OCC[N+](C)(C)C)C(=O)O)OC(=O)CCCCCCC/C=C\CCCC. The summed E-state index contributed by atoms with van der Waals surface area (Å²) in [5, 5.41) is 9.56. The number of quaternary nitrogens is 1. The quantitative estimate of drug-likeness (QED) is 0.0244. The van der Waals surface area contributed by atoms with Crippen LogP contribution in [0.15, 0.2) is 24.3 Å². The van der Waals surface area contributed by atoms with Crippen LogP contribution in [0, 0.1) is 0 Å². The maximum absolute atomic E-state index is 12.6. The molecule has 9 nitrogen and oxygen atoms in total. The van der Waals surface area contributed by atoms with E-state index in [2.05, 4.69) is 38.2 Å². The molecule has 0 aliphatic heterocycles. The summed E-state index contributed by atoms with van der Waals surface area (Å²) >= 11 is 0. The molecule has 0 rings (SSSR count). The molecule has 274 valence electrons. The number of carboxylic acid groups (broad SMARTS) is 1. The lowest BCUT2D eigenvalue weighted by Crippen LogP contribution is -2.40. The highest BCUT2D eigenvalue weighted by Gasteiger charge is 2.25. The predicted molar refractivity (Wildman–Crippen MR) is 189 cm³/mol. The molecule has 0 aromatic carbocycles. The minimum atomic E-state index is -1.51. The molecule has 0 aliphatic rings. The van der Waals surface area contributed by atoms with Crippen LogP contribution in [0.3, 0.4) is 0 Å². The zero-order chi connectivity index (χ0) is 35.0. The van der Waals surface area contributed by atoms with Crippen LogP contribution in [-0.2, 0) is 33.3 Å². The number of rotatable bonds is 33. The lowest BCUT2D eigenvalue weighted by molar-refractivity contribution is -0.870. The van der Waals surface area contributed by atoms with Crippen LogP contribution in [0.5, 0.6) is 0 Å². The minimum absolute atomic E-state index is 0.185. The number of carboxylic acids is 1. The van der Waals surface area contributed by atoms with E-state index >= 15 is 0 Å². The van der Waals surface area contributed by atoms with Crippen LogP contribution in [-0.4, -0.2) is 87.4 Å². The van der Waals surface area contributed by atoms with Crippen LogP contribution in [0.25, 0.3) is 0 Å². The minimum Gasteiger partial charge on any atom is -0.477 e. The zero-order valence-corrected chi connectivity index (χ0v) is 30.7. The normalized spacial score (nSPS) is 13.3. The summed E-state index contributed by atoms with van der Waals surface area (Å²) in [4.78, 5) is 36.8. The van der Waals surface area contributed by atoms with Gasteiger partial charge in [0.05, 0.1) is 34.4 Å². The summed E-state index contributed by atoms with van der Waals surface area (Å²) in [5.41, 5.74) is 0. The molecule has 47 heavy (non-hydrogen) atoms. The van der Waals surface area contributed by atoms with Gasteiger partial charge in [-0.15, -0.1) is 0 Å². The Morgan fingerprint density at radius 1 is 0.617 bits per heavy atom. The van der Waals surface area contributed by atoms with E-state index in [9.17, 15) is 19.5 Å². The number of carbonyl (C=O) groups excluding carboxylic acids is 2. The Hall–Kier alpha value is -2.23. The number of allylic oxidation sites excluding steroid dienone is 4. The van der Waals surface area contributed by atoms with Crippen LogP contribution in [0.4, 0.5) is 0 Å². The van der Waals surface area contributed by atoms with E-state index in [1.165, 1.54) is 25.7 Å². The predicted octanol–water partition coefficient (Wildman–Crippen LogP) is 8.55. The van der Waals surface area contributed by atoms with Gasteiger partial charge in [0.2, 0.25) is 0 Å². The Morgan fingerprint density at radius 2 is 1.09 bits per heavy atom. The molecular formula is C38H70NO8+. The number of aliphatic carboxylic acids is 1. The number of likely N-dealkylation sites (N-methyl/N-ethyl adjacent to an activating group) is 1. The van der Waals surface area contributed by atoms with Crippen LogP contribution >= 0.6 is 0 Å². The largest absolute Gasteiger partial charge is 0.477 e. The average molecular weight is 669 g/mol. The molecular weight excluding hydrogens is 598 g/mol. The van der Waals surface area contributed by atoms with Crippen molar-refractivity contribution in [2.24, 2.45) is 0 Å². The van der Waals surface area contributed by atoms with Gasteiger partial charge >= 0.3 is 17.9 Å². The first-order chi connectivity index (χ1) is 22.6. The van der Waals surface area contributed by atoms with Crippen molar-refractivity contribution in [2.45, 2.75) is 155 Å². The van der Waals surface area contributed by atoms with Crippen molar-refractivity contribution in [3.8, 4) is 0 Å². The summed E-state index contributed by atoms with van der Waals surface area (Å²) in [6, 6.07) is 0.